The van der Waals surface area contributed by atoms with Gasteiger partial charge < -0.3 is 0 Å². The summed E-state index contributed by atoms with van der Waals surface area (Å²) in [6.07, 6.45) is 7.94. The Morgan fingerprint density at radius 2 is 1.83 bits per heavy atom. The fourth-order valence-corrected chi connectivity index (χ4v) is 4.96. The molecular weight excluding hydrogens is 220 g/mol. The first-order chi connectivity index (χ1) is 8.52. The van der Waals surface area contributed by atoms with Gasteiger partial charge in [0.25, 0.3) is 0 Å². The van der Waals surface area contributed by atoms with Crippen molar-refractivity contribution in [1.29, 1.82) is 0 Å². The summed E-state index contributed by atoms with van der Waals surface area (Å²) in [6.45, 7) is 10.8. The number of nitrogens with zero attached hydrogens (tertiary/aromatic N) is 1. The summed E-state index contributed by atoms with van der Waals surface area (Å²) >= 11 is 0. The predicted octanol–water partition coefficient (Wildman–Crippen LogP) is 3.23. The number of hydrogen-bond acceptors (Lipinski definition) is 2. The number of rotatable bonds is 1. The van der Waals surface area contributed by atoms with Gasteiger partial charge in [-0.1, -0.05) is 40.5 Å². The van der Waals surface area contributed by atoms with Gasteiger partial charge >= 0.3 is 0 Å². The summed E-state index contributed by atoms with van der Waals surface area (Å²) in [4.78, 5) is 2.77. The van der Waals surface area contributed by atoms with Gasteiger partial charge in [0.05, 0.1) is 6.17 Å². The highest BCUT2D eigenvalue weighted by Crippen LogP contribution is 2.48. The van der Waals surface area contributed by atoms with Crippen LogP contribution in [0.15, 0.2) is 0 Å². The van der Waals surface area contributed by atoms with E-state index in [0.717, 1.165) is 23.9 Å². The summed E-state index contributed by atoms with van der Waals surface area (Å²) in [5, 5.41) is 3.98. The van der Waals surface area contributed by atoms with Crippen LogP contribution >= 0.6 is 0 Å². The molecule has 1 aliphatic carbocycles. The van der Waals surface area contributed by atoms with Crippen molar-refractivity contribution in [2.75, 3.05) is 6.54 Å². The van der Waals surface area contributed by atoms with Gasteiger partial charge in [-0.05, 0) is 43.1 Å². The van der Waals surface area contributed by atoms with Gasteiger partial charge in [0.15, 0.2) is 0 Å². The van der Waals surface area contributed by atoms with E-state index in [4.69, 9.17) is 0 Å². The first-order valence-electron chi connectivity index (χ1n) is 8.04. The zero-order valence-electron chi connectivity index (χ0n) is 12.6. The topological polar surface area (TPSA) is 15.3 Å². The molecule has 5 atom stereocenters. The lowest BCUT2D eigenvalue weighted by molar-refractivity contribution is 0.0986. The van der Waals surface area contributed by atoms with Crippen molar-refractivity contribution in [1.82, 2.24) is 10.2 Å². The molecule has 1 saturated carbocycles. The summed E-state index contributed by atoms with van der Waals surface area (Å²) in [7, 11) is 0. The first-order valence-corrected chi connectivity index (χ1v) is 8.04. The molecule has 1 N–H and O–H groups in total. The molecule has 0 aromatic carbocycles. The van der Waals surface area contributed by atoms with Gasteiger partial charge in [0.1, 0.15) is 0 Å². The molecule has 0 spiro atoms. The minimum absolute atomic E-state index is 0.423. The van der Waals surface area contributed by atoms with Gasteiger partial charge in [-0.3, -0.25) is 10.2 Å². The molecule has 3 aliphatic rings. The lowest BCUT2D eigenvalue weighted by Gasteiger charge is -2.38. The minimum atomic E-state index is 0.423. The molecule has 4 unspecified atom stereocenters. The Bertz CT molecular complexity index is 307. The van der Waals surface area contributed by atoms with E-state index in [-0.39, 0.29) is 0 Å². The Morgan fingerprint density at radius 1 is 1.11 bits per heavy atom. The Morgan fingerprint density at radius 3 is 2.50 bits per heavy atom. The smallest absolute Gasteiger partial charge is 0.0634 e. The van der Waals surface area contributed by atoms with E-state index in [1.807, 2.05) is 0 Å². The molecule has 3 rings (SSSR count). The Hall–Kier alpha value is -0.0800. The summed E-state index contributed by atoms with van der Waals surface area (Å²) in [5.74, 6) is 1.91. The molecule has 0 aromatic heterocycles. The van der Waals surface area contributed by atoms with E-state index in [2.05, 4.69) is 37.9 Å². The standard InChI is InChI=1S/C16H30N2/c1-5-18-14(16(2,3)4)10-12-11-8-6-7-9-13(11)17-15(12)18/h11-15,17H,5-10H2,1-4H3/t11?,12?,13?,14-,15?/m0/s1. The monoisotopic (exact) mass is 250 g/mol. The van der Waals surface area contributed by atoms with Crippen molar-refractivity contribution in [3.8, 4) is 0 Å². The minimum Gasteiger partial charge on any atom is -0.298 e. The van der Waals surface area contributed by atoms with Crippen molar-refractivity contribution in [3.05, 3.63) is 0 Å². The molecule has 2 heterocycles. The average molecular weight is 250 g/mol. The molecule has 0 aromatic rings. The average Bonchev–Trinajstić information content (AvgIpc) is 2.83. The Balaban J connectivity index is 1.81. The van der Waals surface area contributed by atoms with Crippen molar-refractivity contribution in [2.24, 2.45) is 17.3 Å². The third-order valence-electron chi connectivity index (χ3n) is 5.78. The molecule has 3 fully saturated rings. The fourth-order valence-electron chi connectivity index (χ4n) is 4.96. The Labute approximate surface area is 113 Å². The SMILES string of the molecule is CCN1C2NC3CCCCC3C2C[C@H]1C(C)(C)C. The molecule has 2 nitrogen and oxygen atoms in total. The van der Waals surface area contributed by atoms with E-state index in [0.29, 0.717) is 11.6 Å². The highest BCUT2D eigenvalue weighted by molar-refractivity contribution is 5.07. The van der Waals surface area contributed by atoms with E-state index in [9.17, 15) is 0 Å². The van der Waals surface area contributed by atoms with Crippen molar-refractivity contribution in [3.63, 3.8) is 0 Å². The van der Waals surface area contributed by atoms with Gasteiger partial charge in [0, 0.05) is 12.1 Å². The van der Waals surface area contributed by atoms with Crippen molar-refractivity contribution < 1.29 is 0 Å². The van der Waals surface area contributed by atoms with Crippen LogP contribution in [-0.2, 0) is 0 Å². The largest absolute Gasteiger partial charge is 0.298 e. The second kappa shape index (κ2) is 4.49. The lowest BCUT2D eigenvalue weighted by Crippen LogP contribution is -2.49. The molecule has 18 heavy (non-hydrogen) atoms. The molecule has 104 valence electrons. The maximum Gasteiger partial charge on any atom is 0.0634 e. The van der Waals surface area contributed by atoms with E-state index in [1.54, 1.807) is 0 Å². The van der Waals surface area contributed by atoms with Gasteiger partial charge in [-0.15, -0.1) is 0 Å². The van der Waals surface area contributed by atoms with Crippen LogP contribution in [0.1, 0.15) is 59.8 Å². The molecule has 2 heteroatoms. The maximum absolute atomic E-state index is 3.98. The Kier molecular flexibility index (Phi) is 3.22. The highest BCUT2D eigenvalue weighted by Gasteiger charge is 2.53. The summed E-state index contributed by atoms with van der Waals surface area (Å²) in [6, 6.07) is 1.61. The number of fused-ring (bicyclic) bond motifs is 3. The zero-order chi connectivity index (χ0) is 12.9. The van der Waals surface area contributed by atoms with Crippen LogP contribution in [0, 0.1) is 17.3 Å². The molecule has 0 radical (unpaired) electrons. The number of hydrogen-bond donors (Lipinski definition) is 1. The third-order valence-corrected chi connectivity index (χ3v) is 5.78. The lowest BCUT2D eigenvalue weighted by atomic mass is 9.76. The predicted molar refractivity (Wildman–Crippen MR) is 76.4 cm³/mol. The molecule has 2 saturated heterocycles. The van der Waals surface area contributed by atoms with Crippen LogP contribution in [0.4, 0.5) is 0 Å². The zero-order valence-corrected chi connectivity index (χ0v) is 12.6. The first kappa shape index (κ1) is 12.9. The van der Waals surface area contributed by atoms with Crippen molar-refractivity contribution in [2.45, 2.75) is 78.0 Å². The second-order valence-corrected chi connectivity index (χ2v) is 7.78. The van der Waals surface area contributed by atoms with Crippen LogP contribution in [0.2, 0.25) is 0 Å². The van der Waals surface area contributed by atoms with Gasteiger partial charge in [0.2, 0.25) is 0 Å². The van der Waals surface area contributed by atoms with E-state index >= 15 is 0 Å². The van der Waals surface area contributed by atoms with E-state index in [1.165, 1.54) is 38.6 Å². The fraction of sp³-hybridized carbons (Fsp3) is 1.00. The van der Waals surface area contributed by atoms with Crippen LogP contribution in [0.5, 0.6) is 0 Å². The number of likely N-dealkylation sites (tertiary alicyclic amines) is 1. The van der Waals surface area contributed by atoms with Gasteiger partial charge in [-0.25, -0.2) is 0 Å². The number of nitrogens with one attached hydrogen (secondary N) is 1. The van der Waals surface area contributed by atoms with Crippen LogP contribution in [-0.4, -0.2) is 29.7 Å². The van der Waals surface area contributed by atoms with Crippen LogP contribution in [0.25, 0.3) is 0 Å². The van der Waals surface area contributed by atoms with Crippen LogP contribution in [0.3, 0.4) is 0 Å². The van der Waals surface area contributed by atoms with Crippen LogP contribution < -0.4 is 5.32 Å². The highest BCUT2D eigenvalue weighted by atomic mass is 15.3. The summed E-state index contributed by atoms with van der Waals surface area (Å²) < 4.78 is 0. The summed E-state index contributed by atoms with van der Waals surface area (Å²) in [5.41, 5.74) is 0.423. The molecule has 2 aliphatic heterocycles. The molecule has 0 amide bonds. The molecular formula is C16H30N2. The molecule has 0 bridgehead atoms. The quantitative estimate of drug-likeness (QED) is 0.768. The van der Waals surface area contributed by atoms with Gasteiger partial charge in [-0.2, -0.15) is 0 Å². The normalized spacial score (nSPS) is 45.0. The third kappa shape index (κ3) is 1.92. The maximum atomic E-state index is 3.98. The second-order valence-electron chi connectivity index (χ2n) is 7.78. The van der Waals surface area contributed by atoms with E-state index < -0.39 is 0 Å². The van der Waals surface area contributed by atoms with Crippen molar-refractivity contribution >= 4 is 0 Å².